The Bertz CT molecular complexity index is 2880. The minimum Gasteiger partial charge on any atom is -0.457 e. The normalized spacial score (nSPS) is 20.3. The molecule has 0 saturated carbocycles. The third-order valence-corrected chi connectivity index (χ3v) is 13.8. The summed E-state index contributed by atoms with van der Waals surface area (Å²) in [6, 6.07) is 49.9. The molecule has 0 fully saturated rings. The molecule has 0 amide bonds. The summed E-state index contributed by atoms with van der Waals surface area (Å²) in [5, 5.41) is 0. The van der Waals surface area contributed by atoms with Crippen LogP contribution >= 0.6 is 0 Å². The molecule has 2 heteroatoms. The lowest BCUT2D eigenvalue weighted by Crippen LogP contribution is -2.32. The highest BCUT2D eigenvalue weighted by molar-refractivity contribution is 5.91. The van der Waals surface area contributed by atoms with E-state index in [9.17, 15) is 0 Å². The fourth-order valence-corrected chi connectivity index (χ4v) is 11.3. The number of hydrogen-bond donors (Lipinski definition) is 0. The monoisotopic (exact) mass is 745 g/mol. The number of fused-ring (bicyclic) bond motifs is 13. The highest BCUT2D eigenvalue weighted by Crippen LogP contribution is 2.63. The molecule has 2 unspecified atom stereocenters. The Hall–Kier alpha value is -6.64. The smallest absolute Gasteiger partial charge is 0.132 e. The summed E-state index contributed by atoms with van der Waals surface area (Å²) < 4.78 is 6.71. The Morgan fingerprint density at radius 1 is 0.534 bits per heavy atom. The number of nitrogens with zero attached hydrogens (tertiary/aromatic N) is 1. The van der Waals surface area contributed by atoms with E-state index >= 15 is 0 Å². The van der Waals surface area contributed by atoms with E-state index in [4.69, 9.17) is 4.74 Å². The molecule has 278 valence electrons. The average Bonchev–Trinajstić information content (AvgIpc) is 3.69. The fraction of sp³-hybridized carbons (Fsp3) is 0.143. The molecule has 1 heterocycles. The quantitative estimate of drug-likeness (QED) is 0.178. The standard InChI is InChI=1S/C56H43NO/c1-55(2)45-22-10-8-20-41(45)43-31-29-38(34-49(43)55)57(51-33-28-36-16-6-7-19-40(36)54(51)37-17-4-3-5-18-37)39-30-32-44-42-21-9-11-23-46(42)56(50(44)35-39)47-24-12-14-26-52(47)58-53-27-15-13-25-48(53)56/h3-17,20-35,37,40H,18-19H2,1-2H3. The molecule has 6 aliphatic rings. The van der Waals surface area contributed by atoms with Gasteiger partial charge >= 0.3 is 0 Å². The maximum Gasteiger partial charge on any atom is 0.132 e. The zero-order valence-corrected chi connectivity index (χ0v) is 32.8. The van der Waals surface area contributed by atoms with Crippen LogP contribution in [0.5, 0.6) is 11.5 Å². The lowest BCUT2D eigenvalue weighted by Gasteiger charge is -2.40. The maximum absolute atomic E-state index is 6.71. The van der Waals surface area contributed by atoms with Crippen molar-refractivity contribution in [2.24, 2.45) is 11.8 Å². The van der Waals surface area contributed by atoms with E-state index < -0.39 is 5.41 Å². The number of anilines is 2. The Labute approximate surface area is 341 Å². The van der Waals surface area contributed by atoms with Gasteiger partial charge in [-0.15, -0.1) is 0 Å². The molecule has 2 nitrogen and oxygen atoms in total. The topological polar surface area (TPSA) is 12.5 Å². The van der Waals surface area contributed by atoms with E-state index in [1.165, 1.54) is 78.2 Å². The van der Waals surface area contributed by atoms with Crippen molar-refractivity contribution in [2.45, 2.75) is 37.5 Å². The van der Waals surface area contributed by atoms with Crippen molar-refractivity contribution in [2.75, 3.05) is 4.90 Å². The minimum atomic E-state index is -0.554. The molecule has 6 aromatic carbocycles. The molecule has 6 aromatic rings. The molecule has 0 bridgehead atoms. The lowest BCUT2D eigenvalue weighted by atomic mass is 9.66. The Morgan fingerprint density at radius 3 is 1.83 bits per heavy atom. The third kappa shape index (κ3) is 4.55. The number of rotatable bonds is 4. The van der Waals surface area contributed by atoms with E-state index in [-0.39, 0.29) is 5.41 Å². The maximum atomic E-state index is 6.71. The van der Waals surface area contributed by atoms with Crippen molar-refractivity contribution in [3.05, 3.63) is 238 Å². The lowest BCUT2D eigenvalue weighted by molar-refractivity contribution is 0.436. The molecule has 2 atom stereocenters. The van der Waals surface area contributed by atoms with Crippen molar-refractivity contribution in [3.63, 3.8) is 0 Å². The van der Waals surface area contributed by atoms with Crippen LogP contribution in [0.1, 0.15) is 60.1 Å². The van der Waals surface area contributed by atoms with E-state index in [0.29, 0.717) is 11.8 Å². The van der Waals surface area contributed by atoms with Crippen LogP contribution in [0.4, 0.5) is 11.4 Å². The summed E-state index contributed by atoms with van der Waals surface area (Å²) in [5.41, 5.74) is 18.8. The summed E-state index contributed by atoms with van der Waals surface area (Å²) in [5.74, 6) is 2.42. The molecule has 58 heavy (non-hydrogen) atoms. The number of para-hydroxylation sites is 2. The Morgan fingerprint density at radius 2 is 1.12 bits per heavy atom. The third-order valence-electron chi connectivity index (χ3n) is 13.8. The van der Waals surface area contributed by atoms with Crippen LogP contribution in [0.15, 0.2) is 205 Å². The van der Waals surface area contributed by atoms with Crippen molar-refractivity contribution >= 4 is 11.4 Å². The van der Waals surface area contributed by atoms with E-state index in [1.54, 1.807) is 0 Å². The summed E-state index contributed by atoms with van der Waals surface area (Å²) >= 11 is 0. The molecular formula is C56H43NO. The second-order valence-corrected chi connectivity index (χ2v) is 17.1. The van der Waals surface area contributed by atoms with Gasteiger partial charge in [0.15, 0.2) is 0 Å². The number of allylic oxidation sites excluding steroid dienone is 11. The molecule has 0 radical (unpaired) electrons. The molecule has 1 aliphatic heterocycles. The van der Waals surface area contributed by atoms with Crippen LogP contribution in [0, 0.1) is 11.8 Å². The van der Waals surface area contributed by atoms with E-state index in [1.807, 2.05) is 0 Å². The number of benzene rings is 6. The van der Waals surface area contributed by atoms with Crippen LogP contribution in [0.25, 0.3) is 22.3 Å². The first-order chi connectivity index (χ1) is 28.5. The molecular weight excluding hydrogens is 703 g/mol. The first kappa shape index (κ1) is 33.5. The van der Waals surface area contributed by atoms with Gasteiger partial charge in [-0.1, -0.05) is 160 Å². The van der Waals surface area contributed by atoms with Crippen molar-refractivity contribution in [1.82, 2.24) is 0 Å². The number of ether oxygens (including phenoxy) is 1. The molecule has 0 saturated heterocycles. The first-order valence-electron chi connectivity index (χ1n) is 20.8. The molecule has 12 rings (SSSR count). The average molecular weight is 746 g/mol. The van der Waals surface area contributed by atoms with Gasteiger partial charge in [-0.05, 0) is 111 Å². The fourth-order valence-electron chi connectivity index (χ4n) is 11.3. The predicted molar refractivity (Wildman–Crippen MR) is 238 cm³/mol. The van der Waals surface area contributed by atoms with Gasteiger partial charge in [0.2, 0.25) is 0 Å². The Kier molecular flexibility index (Phi) is 7.18. The van der Waals surface area contributed by atoms with Gasteiger partial charge in [-0.2, -0.15) is 0 Å². The van der Waals surface area contributed by atoms with Gasteiger partial charge in [0, 0.05) is 45.4 Å². The second-order valence-electron chi connectivity index (χ2n) is 17.1. The van der Waals surface area contributed by atoms with Crippen LogP contribution in [0.2, 0.25) is 0 Å². The van der Waals surface area contributed by atoms with Crippen LogP contribution in [-0.4, -0.2) is 0 Å². The van der Waals surface area contributed by atoms with Crippen LogP contribution < -0.4 is 9.64 Å². The van der Waals surface area contributed by atoms with Crippen LogP contribution in [-0.2, 0) is 10.8 Å². The zero-order valence-electron chi connectivity index (χ0n) is 32.8. The molecule has 1 spiro atoms. The van der Waals surface area contributed by atoms with Crippen LogP contribution in [0.3, 0.4) is 0 Å². The minimum absolute atomic E-state index is 0.132. The van der Waals surface area contributed by atoms with E-state index in [2.05, 4.69) is 207 Å². The Balaban J connectivity index is 1.15. The van der Waals surface area contributed by atoms with Gasteiger partial charge in [-0.3, -0.25) is 0 Å². The molecule has 0 aromatic heterocycles. The predicted octanol–water partition coefficient (Wildman–Crippen LogP) is 14.1. The van der Waals surface area contributed by atoms with E-state index in [0.717, 1.165) is 30.0 Å². The molecule has 0 N–H and O–H groups in total. The summed E-state index contributed by atoms with van der Waals surface area (Å²) in [7, 11) is 0. The van der Waals surface area contributed by atoms with Gasteiger partial charge in [0.05, 0.1) is 5.41 Å². The van der Waals surface area contributed by atoms with Crippen molar-refractivity contribution in [3.8, 4) is 33.8 Å². The largest absolute Gasteiger partial charge is 0.457 e. The summed E-state index contributed by atoms with van der Waals surface area (Å²) in [6.45, 7) is 4.77. The van der Waals surface area contributed by atoms with Gasteiger partial charge in [0.1, 0.15) is 11.5 Å². The van der Waals surface area contributed by atoms with Gasteiger partial charge in [0.25, 0.3) is 0 Å². The van der Waals surface area contributed by atoms with Crippen molar-refractivity contribution < 1.29 is 4.74 Å². The highest BCUT2D eigenvalue weighted by Gasteiger charge is 2.51. The van der Waals surface area contributed by atoms with Gasteiger partial charge in [-0.25, -0.2) is 0 Å². The first-order valence-corrected chi connectivity index (χ1v) is 20.8. The molecule has 5 aliphatic carbocycles. The highest BCUT2D eigenvalue weighted by atomic mass is 16.5. The second kappa shape index (κ2) is 12.4. The zero-order chi connectivity index (χ0) is 38.6. The number of hydrogen-bond acceptors (Lipinski definition) is 2. The summed E-state index contributed by atoms with van der Waals surface area (Å²) in [6.07, 6.45) is 22.9. The summed E-state index contributed by atoms with van der Waals surface area (Å²) in [4.78, 5) is 2.60. The SMILES string of the molecule is CC1(C)c2ccccc2-c2ccc(N(C3=C(C4C=CC=CC4)C4CC=CC=C4C=C3)c3ccc4c(c3)C3(c5ccccc5Oc5ccccc53)c3ccccc3-4)cc21. The van der Waals surface area contributed by atoms with Crippen molar-refractivity contribution in [1.29, 1.82) is 0 Å². The van der Waals surface area contributed by atoms with Gasteiger partial charge < -0.3 is 9.64 Å².